The van der Waals surface area contributed by atoms with Gasteiger partial charge in [0, 0.05) is 101 Å². The molecule has 0 aliphatic carbocycles. The summed E-state index contributed by atoms with van der Waals surface area (Å²) in [7, 11) is 0. The van der Waals surface area contributed by atoms with Gasteiger partial charge in [0.25, 0.3) is 0 Å². The van der Waals surface area contributed by atoms with Gasteiger partial charge in [-0.25, -0.2) is 0 Å². The van der Waals surface area contributed by atoms with E-state index in [9.17, 15) is 5.26 Å². The molecule has 20 aromatic rings. The number of aromatic nitrogens is 9. The van der Waals surface area contributed by atoms with Gasteiger partial charge in [-0.15, -0.1) is 0 Å². The lowest BCUT2D eigenvalue weighted by molar-refractivity contribution is 0.992. The summed E-state index contributed by atoms with van der Waals surface area (Å²) in [6, 6.07) is 107. The lowest BCUT2D eigenvalue weighted by Crippen LogP contribution is -2.18. The minimum Gasteiger partial charge on any atom is -0.306 e. The fraction of sp³-hybridized carbons (Fsp3) is 0. The van der Waals surface area contributed by atoms with Crippen molar-refractivity contribution < 1.29 is 0 Å². The zero-order chi connectivity index (χ0) is 63.8. The Balaban J connectivity index is 1.10. The molecule has 10 nitrogen and oxygen atoms in total. The summed E-state index contributed by atoms with van der Waals surface area (Å²) in [6.45, 7) is 0. The molecule has 0 atom stereocenters. The molecular formula is C87H52N10. The Morgan fingerprint density at radius 2 is 0.412 bits per heavy atom. The van der Waals surface area contributed by atoms with Crippen LogP contribution in [0.1, 0.15) is 5.56 Å². The molecule has 9 heterocycles. The van der Waals surface area contributed by atoms with Crippen LogP contribution in [0.5, 0.6) is 0 Å². The van der Waals surface area contributed by atoms with Crippen LogP contribution in [0.4, 0.5) is 0 Å². The Bertz CT molecular complexity index is 5990. The number of nitriles is 1. The third kappa shape index (κ3) is 8.00. The molecule has 0 N–H and O–H groups in total. The SMILES string of the molecule is N#Cc1c(-n2c3ccccc3c3ccccc32)c(-n2c3ccc(-c4ccccn4)cc3c3cc(-c4ccccn4)ccc32)c(-n2c3ccccc3c3ccccc32)c(-n2c3ccc(-c4ccccn4)cc3c3cc(-c4ccccn4)ccc32)c1-n1c2ccccc2c2ccccc21. The number of hydrogen-bond donors (Lipinski definition) is 0. The first-order chi connectivity index (χ1) is 48.1. The second-order valence-corrected chi connectivity index (χ2v) is 24.8. The Kier molecular flexibility index (Phi) is 11.9. The Morgan fingerprint density at radius 1 is 0.206 bits per heavy atom. The molecular weight excluding hydrogens is 1190 g/mol. The summed E-state index contributed by atoms with van der Waals surface area (Å²) in [5, 5.41) is 23.9. The molecule has 0 aliphatic heterocycles. The van der Waals surface area contributed by atoms with E-state index in [0.29, 0.717) is 16.9 Å². The summed E-state index contributed by atoms with van der Waals surface area (Å²) in [5.74, 6) is 0. The van der Waals surface area contributed by atoms with Crippen molar-refractivity contribution in [2.45, 2.75) is 0 Å². The minimum absolute atomic E-state index is 0.461. The van der Waals surface area contributed by atoms with E-state index in [0.717, 1.165) is 171 Å². The van der Waals surface area contributed by atoms with Crippen LogP contribution in [0.2, 0.25) is 0 Å². The number of pyridine rings is 4. The first kappa shape index (κ1) is 54.1. The number of hydrogen-bond acceptors (Lipinski definition) is 5. The van der Waals surface area contributed by atoms with Gasteiger partial charge in [-0.1, -0.05) is 158 Å². The summed E-state index contributed by atoms with van der Waals surface area (Å²) >= 11 is 0. The van der Waals surface area contributed by atoms with E-state index >= 15 is 0 Å². The van der Waals surface area contributed by atoms with E-state index in [-0.39, 0.29) is 0 Å². The van der Waals surface area contributed by atoms with E-state index < -0.39 is 0 Å². The van der Waals surface area contributed by atoms with E-state index in [4.69, 9.17) is 19.9 Å². The minimum atomic E-state index is 0.461. The van der Waals surface area contributed by atoms with Gasteiger partial charge in [0.15, 0.2) is 0 Å². The number of nitrogens with zero attached hydrogens (tertiary/aromatic N) is 10. The van der Waals surface area contributed by atoms with Crippen LogP contribution in [0.25, 0.3) is 182 Å². The molecule has 0 radical (unpaired) electrons. The predicted octanol–water partition coefficient (Wildman–Crippen LogP) is 21.3. The van der Waals surface area contributed by atoms with Gasteiger partial charge in [0.1, 0.15) is 11.6 Å². The molecule has 0 bridgehead atoms. The van der Waals surface area contributed by atoms with Gasteiger partial charge in [-0.05, 0) is 133 Å². The van der Waals surface area contributed by atoms with Gasteiger partial charge >= 0.3 is 0 Å². The Labute approximate surface area is 554 Å². The molecule has 9 aromatic heterocycles. The first-order valence-corrected chi connectivity index (χ1v) is 32.6. The third-order valence-corrected chi connectivity index (χ3v) is 19.7. The fourth-order valence-electron chi connectivity index (χ4n) is 15.7. The van der Waals surface area contributed by atoms with Crippen molar-refractivity contribution in [1.82, 2.24) is 42.8 Å². The number of fused-ring (bicyclic) bond motifs is 15. The highest BCUT2D eigenvalue weighted by atomic mass is 15.2. The number of benzene rings is 11. The average molecular weight is 1240 g/mol. The van der Waals surface area contributed by atoms with Gasteiger partial charge in [-0.2, -0.15) is 5.26 Å². The topological polar surface area (TPSA) is 100 Å². The van der Waals surface area contributed by atoms with Gasteiger partial charge in [0.2, 0.25) is 0 Å². The van der Waals surface area contributed by atoms with Crippen molar-refractivity contribution in [3.05, 3.63) is 322 Å². The molecule has 0 fully saturated rings. The van der Waals surface area contributed by atoms with Gasteiger partial charge < -0.3 is 22.8 Å². The van der Waals surface area contributed by atoms with Crippen molar-refractivity contribution in [3.8, 4) is 79.5 Å². The van der Waals surface area contributed by atoms with Crippen LogP contribution < -0.4 is 0 Å². The van der Waals surface area contributed by atoms with Crippen molar-refractivity contribution >= 4 is 109 Å². The second kappa shape index (κ2) is 21.3. The maximum absolute atomic E-state index is 13.5. The predicted molar refractivity (Wildman–Crippen MR) is 396 cm³/mol. The molecule has 0 spiro atoms. The molecule has 0 saturated carbocycles. The lowest BCUT2D eigenvalue weighted by atomic mass is 10.0. The second-order valence-electron chi connectivity index (χ2n) is 24.8. The maximum Gasteiger partial charge on any atom is 0.105 e. The van der Waals surface area contributed by atoms with E-state index in [2.05, 4.69) is 272 Å². The van der Waals surface area contributed by atoms with Gasteiger partial charge in [0.05, 0.1) is 106 Å². The highest BCUT2D eigenvalue weighted by Crippen LogP contribution is 2.53. The molecule has 97 heavy (non-hydrogen) atoms. The van der Waals surface area contributed by atoms with E-state index in [1.807, 2.05) is 73.3 Å². The summed E-state index contributed by atoms with van der Waals surface area (Å²) in [5.41, 5.74) is 21.1. The van der Waals surface area contributed by atoms with E-state index in [1.165, 1.54) is 0 Å². The zero-order valence-electron chi connectivity index (χ0n) is 52.0. The highest BCUT2D eigenvalue weighted by Gasteiger charge is 2.37. The number of para-hydroxylation sites is 6. The Morgan fingerprint density at radius 3 is 0.639 bits per heavy atom. The fourth-order valence-corrected chi connectivity index (χ4v) is 15.7. The molecule has 11 aromatic carbocycles. The molecule has 450 valence electrons. The first-order valence-electron chi connectivity index (χ1n) is 32.6. The third-order valence-electron chi connectivity index (χ3n) is 19.7. The average Bonchev–Trinajstić information content (AvgIpc) is 1.57. The normalized spacial score (nSPS) is 11.9. The van der Waals surface area contributed by atoms with Crippen molar-refractivity contribution in [2.75, 3.05) is 0 Å². The molecule has 0 amide bonds. The zero-order valence-corrected chi connectivity index (χ0v) is 52.0. The summed E-state index contributed by atoms with van der Waals surface area (Å²) in [6.07, 6.45) is 7.42. The highest BCUT2D eigenvalue weighted by molar-refractivity contribution is 6.19. The molecule has 0 saturated heterocycles. The van der Waals surface area contributed by atoms with Crippen LogP contribution in [0, 0.1) is 11.3 Å². The summed E-state index contributed by atoms with van der Waals surface area (Å²) < 4.78 is 12.2. The monoisotopic (exact) mass is 1240 g/mol. The van der Waals surface area contributed by atoms with Crippen LogP contribution in [0.3, 0.4) is 0 Å². The largest absolute Gasteiger partial charge is 0.306 e. The maximum atomic E-state index is 13.5. The van der Waals surface area contributed by atoms with Crippen LogP contribution in [-0.2, 0) is 0 Å². The molecule has 0 unspecified atom stereocenters. The number of rotatable bonds is 9. The summed E-state index contributed by atoms with van der Waals surface area (Å²) in [4.78, 5) is 19.8. The van der Waals surface area contributed by atoms with Crippen molar-refractivity contribution in [2.24, 2.45) is 0 Å². The van der Waals surface area contributed by atoms with E-state index in [1.54, 1.807) is 0 Å². The van der Waals surface area contributed by atoms with Crippen LogP contribution in [-0.4, -0.2) is 42.8 Å². The molecule has 10 heteroatoms. The Hall–Kier alpha value is -13.5. The van der Waals surface area contributed by atoms with Crippen molar-refractivity contribution in [1.29, 1.82) is 5.26 Å². The molecule has 20 rings (SSSR count). The van der Waals surface area contributed by atoms with Crippen molar-refractivity contribution in [3.63, 3.8) is 0 Å². The van der Waals surface area contributed by atoms with Crippen LogP contribution in [0.15, 0.2) is 316 Å². The quantitative estimate of drug-likeness (QED) is 0.143. The van der Waals surface area contributed by atoms with Gasteiger partial charge in [-0.3, -0.25) is 19.9 Å². The smallest absolute Gasteiger partial charge is 0.105 e. The molecule has 0 aliphatic rings. The standard InChI is InChI=1S/C87H52N10/c88-53-68-83(93-73-31-7-1-21-58(73)59-22-2-8-32-74(59)93)85(96-79-41-37-54(69-27-13-17-45-89-69)49-64(79)65-50-55(38-42-80(65)96)70-28-14-18-46-90-70)87(95-77-35-11-5-25-62(77)63-26-6-12-36-78(63)95)86(84(68)94-75-33-9-3-23-60(75)61-24-4-10-34-76(61)94)97-81-43-39-56(71-29-15-19-47-91-71)51-66(81)67-52-57(40-44-82(67)97)72-30-16-20-48-92-72/h1-52H. The lowest BCUT2D eigenvalue weighted by Gasteiger charge is -2.30. The van der Waals surface area contributed by atoms with Crippen LogP contribution >= 0.6 is 0 Å².